The van der Waals surface area contributed by atoms with E-state index in [1.807, 2.05) is 0 Å². The Morgan fingerprint density at radius 3 is 2.89 bits per heavy atom. The van der Waals surface area contributed by atoms with Gasteiger partial charge in [-0.2, -0.15) is 0 Å². The number of nitrogens with one attached hydrogen (secondary N) is 1. The molecular weight excluding hydrogens is 190 g/mol. The molecule has 1 aliphatic heterocycles. The maximum absolute atomic E-state index is 10.6. The SMILES string of the molecule is O=C1CCCCCN1.[H-].[H-].[Sr+2]. The molecule has 0 spiro atoms. The minimum Gasteiger partial charge on any atom is -1.00 e. The van der Waals surface area contributed by atoms with Crippen LogP contribution in [0.5, 0.6) is 0 Å². The Kier molecular flexibility index (Phi) is 6.32. The summed E-state index contributed by atoms with van der Waals surface area (Å²) in [7, 11) is 0. The van der Waals surface area contributed by atoms with E-state index in [1.54, 1.807) is 0 Å². The standard InChI is InChI=1S/C6H11NO.Sr.2H/c8-6-4-2-1-3-5-7-6;;;/h1-5H2,(H,7,8);;;/q;+2;2*-1. The molecule has 1 N–H and O–H groups in total. The zero-order valence-corrected chi connectivity index (χ0v) is 9.13. The summed E-state index contributed by atoms with van der Waals surface area (Å²) in [6.07, 6.45) is 4.18. The van der Waals surface area contributed by atoms with Crippen LogP contribution in [0.1, 0.15) is 28.5 Å². The van der Waals surface area contributed by atoms with Crippen molar-refractivity contribution in [2.45, 2.75) is 25.7 Å². The van der Waals surface area contributed by atoms with Crippen molar-refractivity contribution >= 4 is 51.4 Å². The van der Waals surface area contributed by atoms with Gasteiger partial charge in [0.1, 0.15) is 0 Å². The van der Waals surface area contributed by atoms with Crippen LogP contribution in [0.15, 0.2) is 0 Å². The largest absolute Gasteiger partial charge is 2.00 e. The van der Waals surface area contributed by atoms with Crippen LogP contribution in [0.4, 0.5) is 0 Å². The molecule has 1 heterocycles. The Morgan fingerprint density at radius 2 is 2.11 bits per heavy atom. The third-order valence-corrected chi connectivity index (χ3v) is 1.40. The van der Waals surface area contributed by atoms with Gasteiger partial charge in [-0.25, -0.2) is 0 Å². The van der Waals surface area contributed by atoms with Crippen LogP contribution in [0, 0.1) is 0 Å². The summed E-state index contributed by atoms with van der Waals surface area (Å²) >= 11 is 0. The number of amides is 1. The van der Waals surface area contributed by atoms with E-state index in [0.29, 0.717) is 0 Å². The smallest absolute Gasteiger partial charge is 1.00 e. The van der Waals surface area contributed by atoms with E-state index in [1.165, 1.54) is 6.42 Å². The minimum atomic E-state index is 0. The molecule has 9 heavy (non-hydrogen) atoms. The van der Waals surface area contributed by atoms with Gasteiger partial charge < -0.3 is 8.17 Å². The second-order valence-corrected chi connectivity index (χ2v) is 2.16. The van der Waals surface area contributed by atoms with Crippen molar-refractivity contribution in [2.75, 3.05) is 6.54 Å². The van der Waals surface area contributed by atoms with Gasteiger partial charge in [0.15, 0.2) is 0 Å². The van der Waals surface area contributed by atoms with Crippen molar-refractivity contribution in [1.82, 2.24) is 5.32 Å². The normalized spacial score (nSPS) is 19.3. The van der Waals surface area contributed by atoms with Crippen LogP contribution >= 0.6 is 0 Å². The number of carbonyl (C=O) groups is 1. The molecule has 0 radical (unpaired) electrons. The van der Waals surface area contributed by atoms with E-state index in [-0.39, 0.29) is 54.2 Å². The molecule has 0 aliphatic carbocycles. The van der Waals surface area contributed by atoms with Gasteiger partial charge >= 0.3 is 45.5 Å². The second-order valence-electron chi connectivity index (χ2n) is 2.16. The summed E-state index contributed by atoms with van der Waals surface area (Å²) < 4.78 is 0. The molecule has 1 aliphatic rings. The topological polar surface area (TPSA) is 29.1 Å². The van der Waals surface area contributed by atoms with Crippen LogP contribution in [0.2, 0.25) is 0 Å². The van der Waals surface area contributed by atoms with Crippen molar-refractivity contribution in [3.05, 3.63) is 0 Å². The molecule has 3 heteroatoms. The van der Waals surface area contributed by atoms with Crippen LogP contribution in [0.25, 0.3) is 0 Å². The predicted octanol–water partition coefficient (Wildman–Crippen LogP) is 0.521. The minimum absolute atomic E-state index is 0. The molecule has 0 aromatic heterocycles. The molecule has 50 valence electrons. The molecule has 0 atom stereocenters. The molecule has 1 saturated heterocycles. The third kappa shape index (κ3) is 4.37. The fraction of sp³-hybridized carbons (Fsp3) is 0.833. The molecule has 0 saturated carbocycles. The fourth-order valence-electron chi connectivity index (χ4n) is 0.904. The Hall–Kier alpha value is 0.951. The maximum Gasteiger partial charge on any atom is 2.00 e. The van der Waals surface area contributed by atoms with Gasteiger partial charge in [0.25, 0.3) is 0 Å². The van der Waals surface area contributed by atoms with E-state index >= 15 is 0 Å². The first-order valence-corrected chi connectivity index (χ1v) is 3.16. The molecule has 0 aromatic rings. The quantitative estimate of drug-likeness (QED) is 0.571. The first-order chi connectivity index (χ1) is 3.89. The van der Waals surface area contributed by atoms with E-state index < -0.39 is 0 Å². The molecular formula is C6H13NOSr. The molecule has 0 bridgehead atoms. The van der Waals surface area contributed by atoms with Gasteiger partial charge in [-0.05, 0) is 12.8 Å². The fourth-order valence-corrected chi connectivity index (χ4v) is 0.904. The molecule has 1 fully saturated rings. The van der Waals surface area contributed by atoms with E-state index in [0.717, 1.165) is 25.8 Å². The zero-order valence-electron chi connectivity index (χ0n) is 7.65. The first-order valence-electron chi connectivity index (χ1n) is 3.16. The summed E-state index contributed by atoms with van der Waals surface area (Å²) in [4.78, 5) is 10.6. The molecule has 1 amide bonds. The van der Waals surface area contributed by atoms with Crippen LogP contribution in [-0.4, -0.2) is 57.9 Å². The van der Waals surface area contributed by atoms with Crippen molar-refractivity contribution < 1.29 is 7.65 Å². The van der Waals surface area contributed by atoms with Gasteiger partial charge in [-0.3, -0.25) is 4.79 Å². The molecule has 0 aromatic carbocycles. The summed E-state index contributed by atoms with van der Waals surface area (Å²) in [5.41, 5.74) is 0. The number of carbonyl (C=O) groups excluding carboxylic acids is 1. The summed E-state index contributed by atoms with van der Waals surface area (Å²) in [5.74, 6) is 0.225. The van der Waals surface area contributed by atoms with Gasteiger partial charge in [0.2, 0.25) is 5.91 Å². The van der Waals surface area contributed by atoms with Gasteiger partial charge in [0.05, 0.1) is 0 Å². The van der Waals surface area contributed by atoms with E-state index in [9.17, 15) is 4.79 Å². The summed E-state index contributed by atoms with van der Waals surface area (Å²) in [5, 5.41) is 2.81. The van der Waals surface area contributed by atoms with Crippen LogP contribution in [-0.2, 0) is 4.79 Å². The van der Waals surface area contributed by atoms with Gasteiger partial charge in [-0.1, -0.05) is 6.42 Å². The first kappa shape index (κ1) is 9.95. The average Bonchev–Trinajstić information content (AvgIpc) is 1.94. The van der Waals surface area contributed by atoms with Crippen LogP contribution < -0.4 is 5.32 Å². The van der Waals surface area contributed by atoms with Crippen molar-refractivity contribution in [2.24, 2.45) is 0 Å². The van der Waals surface area contributed by atoms with Crippen molar-refractivity contribution in [3.8, 4) is 0 Å². The van der Waals surface area contributed by atoms with Crippen molar-refractivity contribution in [3.63, 3.8) is 0 Å². The Labute approximate surface area is 95.6 Å². The molecule has 1 rings (SSSR count). The Morgan fingerprint density at radius 1 is 1.33 bits per heavy atom. The van der Waals surface area contributed by atoms with Crippen molar-refractivity contribution in [1.29, 1.82) is 0 Å². The number of hydrogen-bond acceptors (Lipinski definition) is 1. The second kappa shape index (κ2) is 5.71. The van der Waals surface area contributed by atoms with Gasteiger partial charge in [-0.15, -0.1) is 0 Å². The van der Waals surface area contributed by atoms with Crippen LogP contribution in [0.3, 0.4) is 0 Å². The number of rotatable bonds is 0. The maximum atomic E-state index is 10.6. The third-order valence-electron chi connectivity index (χ3n) is 1.40. The summed E-state index contributed by atoms with van der Waals surface area (Å²) in [6.45, 7) is 0.888. The Bertz CT molecular complexity index is 92.6. The molecule has 2 nitrogen and oxygen atoms in total. The van der Waals surface area contributed by atoms with E-state index in [4.69, 9.17) is 0 Å². The zero-order chi connectivity index (χ0) is 5.82. The number of hydrogen-bond donors (Lipinski definition) is 1. The molecule has 0 unspecified atom stereocenters. The van der Waals surface area contributed by atoms with E-state index in [2.05, 4.69) is 5.32 Å². The van der Waals surface area contributed by atoms with Gasteiger partial charge in [0, 0.05) is 13.0 Å². The Balaban J connectivity index is -0.000000213. The monoisotopic (exact) mass is 203 g/mol. The predicted molar refractivity (Wildman–Crippen MR) is 39.5 cm³/mol. The summed E-state index contributed by atoms with van der Waals surface area (Å²) in [6, 6.07) is 0. The average molecular weight is 203 g/mol.